The Morgan fingerprint density at radius 3 is 3.09 bits per heavy atom. The standard InChI is InChI=1S/C9H11NS/c1-6-3-4-9-8(5-6)7(2)10-11-9/h3-5,7,10H,1-2H3/t7-/m1/s1. The molecule has 0 radical (unpaired) electrons. The number of hydrogen-bond donors (Lipinski definition) is 1. The van der Waals surface area contributed by atoms with Crippen molar-refractivity contribution >= 4 is 11.9 Å². The second kappa shape index (κ2) is 2.54. The zero-order chi connectivity index (χ0) is 7.84. The van der Waals surface area contributed by atoms with Crippen molar-refractivity contribution in [2.24, 2.45) is 0 Å². The highest BCUT2D eigenvalue weighted by atomic mass is 32.2. The van der Waals surface area contributed by atoms with E-state index in [1.165, 1.54) is 16.0 Å². The van der Waals surface area contributed by atoms with Crippen LogP contribution in [0.4, 0.5) is 0 Å². The average molecular weight is 165 g/mol. The third kappa shape index (κ3) is 1.17. The Morgan fingerprint density at radius 1 is 1.45 bits per heavy atom. The minimum Gasteiger partial charge on any atom is -0.253 e. The Balaban J connectivity index is 2.52. The summed E-state index contributed by atoms with van der Waals surface area (Å²) in [7, 11) is 0. The fourth-order valence-corrected chi connectivity index (χ4v) is 2.23. The van der Waals surface area contributed by atoms with Gasteiger partial charge in [-0.3, -0.25) is 4.72 Å². The molecule has 58 valence electrons. The molecule has 1 aliphatic rings. The molecule has 1 N–H and O–H groups in total. The SMILES string of the molecule is Cc1ccc2c(c1)[C@@H](C)NS2. The summed E-state index contributed by atoms with van der Waals surface area (Å²) in [6.45, 7) is 4.33. The lowest BCUT2D eigenvalue weighted by molar-refractivity contribution is 0.765. The van der Waals surface area contributed by atoms with Crippen molar-refractivity contribution in [1.29, 1.82) is 0 Å². The molecule has 1 heterocycles. The average Bonchev–Trinajstić information content (AvgIpc) is 2.33. The molecule has 0 amide bonds. The van der Waals surface area contributed by atoms with Crippen molar-refractivity contribution in [3.05, 3.63) is 29.3 Å². The summed E-state index contributed by atoms with van der Waals surface area (Å²) >= 11 is 1.73. The molecule has 1 aromatic rings. The monoisotopic (exact) mass is 165 g/mol. The van der Waals surface area contributed by atoms with E-state index in [0.29, 0.717) is 6.04 Å². The molecule has 11 heavy (non-hydrogen) atoms. The van der Waals surface area contributed by atoms with Gasteiger partial charge in [0.15, 0.2) is 0 Å². The first-order valence-corrected chi connectivity index (χ1v) is 4.62. The summed E-state index contributed by atoms with van der Waals surface area (Å²) in [5.74, 6) is 0. The first kappa shape index (κ1) is 7.19. The van der Waals surface area contributed by atoms with Gasteiger partial charge >= 0.3 is 0 Å². The molecule has 1 atom stereocenters. The van der Waals surface area contributed by atoms with Gasteiger partial charge in [-0.1, -0.05) is 17.7 Å². The fraction of sp³-hybridized carbons (Fsp3) is 0.333. The van der Waals surface area contributed by atoms with E-state index >= 15 is 0 Å². The van der Waals surface area contributed by atoms with Gasteiger partial charge in [0, 0.05) is 10.9 Å². The molecule has 1 aromatic carbocycles. The quantitative estimate of drug-likeness (QED) is 0.593. The van der Waals surface area contributed by atoms with Gasteiger partial charge in [0.1, 0.15) is 0 Å². The smallest absolute Gasteiger partial charge is 0.0408 e. The highest BCUT2D eigenvalue weighted by molar-refractivity contribution is 7.97. The van der Waals surface area contributed by atoms with Crippen LogP contribution in [-0.2, 0) is 0 Å². The molecular weight excluding hydrogens is 154 g/mol. The van der Waals surface area contributed by atoms with Crippen molar-refractivity contribution in [1.82, 2.24) is 4.72 Å². The molecule has 0 unspecified atom stereocenters. The first-order chi connectivity index (χ1) is 5.27. The van der Waals surface area contributed by atoms with Crippen molar-refractivity contribution in [2.45, 2.75) is 24.8 Å². The maximum Gasteiger partial charge on any atom is 0.0408 e. The van der Waals surface area contributed by atoms with Gasteiger partial charge in [0.05, 0.1) is 0 Å². The summed E-state index contributed by atoms with van der Waals surface area (Å²) in [4.78, 5) is 1.38. The van der Waals surface area contributed by atoms with E-state index in [2.05, 4.69) is 36.8 Å². The first-order valence-electron chi connectivity index (χ1n) is 3.80. The van der Waals surface area contributed by atoms with Gasteiger partial charge < -0.3 is 0 Å². The minimum absolute atomic E-state index is 0.509. The third-order valence-corrected chi connectivity index (χ3v) is 3.04. The van der Waals surface area contributed by atoms with Crippen molar-refractivity contribution in [3.8, 4) is 0 Å². The lowest BCUT2D eigenvalue weighted by atomic mass is 10.1. The maximum atomic E-state index is 3.33. The second-order valence-electron chi connectivity index (χ2n) is 2.98. The van der Waals surface area contributed by atoms with E-state index in [0.717, 1.165) is 0 Å². The van der Waals surface area contributed by atoms with E-state index in [9.17, 15) is 0 Å². The van der Waals surface area contributed by atoms with Crippen LogP contribution in [0.5, 0.6) is 0 Å². The van der Waals surface area contributed by atoms with Gasteiger partial charge in [-0.15, -0.1) is 0 Å². The lowest BCUT2D eigenvalue weighted by Gasteiger charge is -2.02. The summed E-state index contributed by atoms with van der Waals surface area (Å²) in [5, 5.41) is 0. The zero-order valence-corrected chi connectivity index (χ0v) is 7.53. The minimum atomic E-state index is 0.509. The van der Waals surface area contributed by atoms with Crippen LogP contribution >= 0.6 is 11.9 Å². The fourth-order valence-electron chi connectivity index (χ4n) is 1.31. The van der Waals surface area contributed by atoms with Crippen molar-refractivity contribution in [2.75, 3.05) is 0 Å². The Labute approximate surface area is 71.3 Å². The normalized spacial score (nSPS) is 21.8. The van der Waals surface area contributed by atoms with Crippen LogP contribution in [0, 0.1) is 6.92 Å². The second-order valence-corrected chi connectivity index (χ2v) is 3.86. The van der Waals surface area contributed by atoms with Gasteiger partial charge in [-0.05, 0) is 37.4 Å². The molecule has 2 heteroatoms. The van der Waals surface area contributed by atoms with Crippen LogP contribution in [0.25, 0.3) is 0 Å². The molecule has 0 spiro atoms. The summed E-state index contributed by atoms with van der Waals surface area (Å²) in [5.41, 5.74) is 2.79. The highest BCUT2D eigenvalue weighted by Crippen LogP contribution is 2.34. The third-order valence-electron chi connectivity index (χ3n) is 1.98. The maximum absolute atomic E-state index is 3.33. The Hall–Kier alpha value is -0.470. The van der Waals surface area contributed by atoms with Crippen molar-refractivity contribution in [3.63, 3.8) is 0 Å². The molecule has 0 fully saturated rings. The molecule has 2 rings (SSSR count). The highest BCUT2D eigenvalue weighted by Gasteiger charge is 2.17. The van der Waals surface area contributed by atoms with Gasteiger partial charge in [-0.2, -0.15) is 0 Å². The number of fused-ring (bicyclic) bond motifs is 1. The molecule has 1 nitrogen and oxygen atoms in total. The van der Waals surface area contributed by atoms with Crippen LogP contribution in [-0.4, -0.2) is 0 Å². The Morgan fingerprint density at radius 2 is 2.27 bits per heavy atom. The number of aryl methyl sites for hydroxylation is 1. The summed E-state index contributed by atoms with van der Waals surface area (Å²) in [6, 6.07) is 7.11. The topological polar surface area (TPSA) is 12.0 Å². The molecule has 0 bridgehead atoms. The van der Waals surface area contributed by atoms with Crippen LogP contribution in [0.2, 0.25) is 0 Å². The van der Waals surface area contributed by atoms with E-state index in [-0.39, 0.29) is 0 Å². The summed E-state index contributed by atoms with van der Waals surface area (Å²) in [6.07, 6.45) is 0. The van der Waals surface area contributed by atoms with Gasteiger partial charge in [-0.25, -0.2) is 0 Å². The molecule has 0 saturated carbocycles. The number of benzene rings is 1. The number of rotatable bonds is 0. The van der Waals surface area contributed by atoms with Crippen LogP contribution in [0.1, 0.15) is 24.1 Å². The van der Waals surface area contributed by atoms with Crippen LogP contribution in [0.15, 0.2) is 23.1 Å². The predicted molar refractivity (Wildman–Crippen MR) is 48.6 cm³/mol. The van der Waals surface area contributed by atoms with Crippen LogP contribution < -0.4 is 4.72 Å². The number of hydrogen-bond acceptors (Lipinski definition) is 2. The lowest BCUT2D eigenvalue weighted by Crippen LogP contribution is -2.01. The van der Waals surface area contributed by atoms with E-state index < -0.39 is 0 Å². The molecule has 0 aliphatic carbocycles. The van der Waals surface area contributed by atoms with Gasteiger partial charge in [0.25, 0.3) is 0 Å². The zero-order valence-electron chi connectivity index (χ0n) is 6.72. The van der Waals surface area contributed by atoms with E-state index in [4.69, 9.17) is 0 Å². The van der Waals surface area contributed by atoms with E-state index in [1.54, 1.807) is 11.9 Å². The largest absolute Gasteiger partial charge is 0.253 e. The molecule has 0 saturated heterocycles. The Bertz CT molecular complexity index is 283. The summed E-state index contributed by atoms with van der Waals surface area (Å²) < 4.78 is 3.33. The molecule has 0 aromatic heterocycles. The predicted octanol–water partition coefficient (Wildman–Crippen LogP) is 2.67. The molecular formula is C9H11NS. The molecule has 1 aliphatic heterocycles. The van der Waals surface area contributed by atoms with E-state index in [1.807, 2.05) is 0 Å². The Kier molecular flexibility index (Phi) is 1.66. The van der Waals surface area contributed by atoms with Crippen molar-refractivity contribution < 1.29 is 0 Å². The van der Waals surface area contributed by atoms with Gasteiger partial charge in [0.2, 0.25) is 0 Å². The number of nitrogens with one attached hydrogen (secondary N) is 1. The van der Waals surface area contributed by atoms with Crippen LogP contribution in [0.3, 0.4) is 0 Å².